The molecule has 0 aromatic heterocycles. The van der Waals surface area contributed by atoms with E-state index in [0.717, 1.165) is 13.0 Å². The van der Waals surface area contributed by atoms with Crippen molar-refractivity contribution in [1.82, 2.24) is 4.90 Å². The molecule has 0 rings (SSSR count). The highest BCUT2D eigenvalue weighted by Crippen LogP contribution is 2.23. The van der Waals surface area contributed by atoms with Gasteiger partial charge in [-0.3, -0.25) is 4.79 Å². The molecule has 18 heavy (non-hydrogen) atoms. The van der Waals surface area contributed by atoms with Crippen LogP contribution in [-0.2, 0) is 4.79 Å². The fourth-order valence-corrected chi connectivity index (χ4v) is 2.01. The van der Waals surface area contributed by atoms with Crippen LogP contribution in [0.2, 0.25) is 0 Å². The van der Waals surface area contributed by atoms with E-state index < -0.39 is 0 Å². The van der Waals surface area contributed by atoms with Gasteiger partial charge < -0.3 is 4.90 Å². The monoisotopic (exact) mass is 255 g/mol. The van der Waals surface area contributed by atoms with Gasteiger partial charge in [-0.1, -0.05) is 47.0 Å². The van der Waals surface area contributed by atoms with Crippen molar-refractivity contribution in [2.24, 2.45) is 5.41 Å². The molecule has 0 saturated heterocycles. The van der Waals surface area contributed by atoms with Crippen LogP contribution >= 0.6 is 0 Å². The maximum Gasteiger partial charge on any atom is 0.223 e. The van der Waals surface area contributed by atoms with E-state index in [1.54, 1.807) is 0 Å². The maximum absolute atomic E-state index is 12.4. The minimum Gasteiger partial charge on any atom is -0.337 e. The number of unbranched alkanes of at least 4 members (excludes halogenated alkanes) is 3. The van der Waals surface area contributed by atoms with Crippen LogP contribution in [0.3, 0.4) is 0 Å². The standard InChI is InChI=1S/C16H33NO/c1-8-9-10-11-12-14(18)17(16(5,6)7)13-15(2,3)4/h8-13H2,1-7H3. The maximum atomic E-state index is 12.4. The van der Waals surface area contributed by atoms with Gasteiger partial charge in [0.15, 0.2) is 0 Å². The molecule has 2 nitrogen and oxygen atoms in total. The van der Waals surface area contributed by atoms with Crippen molar-refractivity contribution in [3.8, 4) is 0 Å². The Kier molecular flexibility index (Phi) is 6.94. The fourth-order valence-electron chi connectivity index (χ4n) is 2.01. The summed E-state index contributed by atoms with van der Waals surface area (Å²) in [4.78, 5) is 14.4. The highest BCUT2D eigenvalue weighted by atomic mass is 16.2. The smallest absolute Gasteiger partial charge is 0.223 e. The van der Waals surface area contributed by atoms with E-state index in [9.17, 15) is 4.79 Å². The molecular weight excluding hydrogens is 222 g/mol. The topological polar surface area (TPSA) is 20.3 Å². The third-order valence-electron chi connectivity index (χ3n) is 2.99. The van der Waals surface area contributed by atoms with Crippen LogP contribution in [0.5, 0.6) is 0 Å². The van der Waals surface area contributed by atoms with Crippen molar-refractivity contribution < 1.29 is 4.79 Å². The number of amides is 1. The Labute approximate surface area is 114 Å². The van der Waals surface area contributed by atoms with E-state index in [0.29, 0.717) is 12.3 Å². The van der Waals surface area contributed by atoms with Crippen LogP contribution < -0.4 is 0 Å². The lowest BCUT2D eigenvalue weighted by Crippen LogP contribution is -2.49. The number of nitrogens with zero attached hydrogens (tertiary/aromatic N) is 1. The SMILES string of the molecule is CCCCCCC(=O)N(CC(C)(C)C)C(C)(C)C. The highest BCUT2D eigenvalue weighted by molar-refractivity contribution is 5.77. The molecule has 0 bridgehead atoms. The zero-order valence-electron chi connectivity index (χ0n) is 13.6. The Morgan fingerprint density at radius 2 is 1.50 bits per heavy atom. The Hall–Kier alpha value is -0.530. The van der Waals surface area contributed by atoms with Crippen LogP contribution in [0.1, 0.15) is 80.6 Å². The fraction of sp³-hybridized carbons (Fsp3) is 0.938. The lowest BCUT2D eigenvalue weighted by molar-refractivity contribution is -0.137. The van der Waals surface area contributed by atoms with E-state index in [2.05, 4.69) is 53.4 Å². The predicted molar refractivity (Wildman–Crippen MR) is 79.7 cm³/mol. The van der Waals surface area contributed by atoms with Gasteiger partial charge in [0.2, 0.25) is 5.91 Å². The summed E-state index contributed by atoms with van der Waals surface area (Å²) in [7, 11) is 0. The Morgan fingerprint density at radius 3 is 1.89 bits per heavy atom. The largest absolute Gasteiger partial charge is 0.337 e. The third kappa shape index (κ3) is 7.73. The molecular formula is C16H33NO. The molecule has 0 unspecified atom stereocenters. The summed E-state index contributed by atoms with van der Waals surface area (Å²) in [5.74, 6) is 0.313. The van der Waals surface area contributed by atoms with Crippen LogP contribution in [0.15, 0.2) is 0 Å². The summed E-state index contributed by atoms with van der Waals surface area (Å²) < 4.78 is 0. The van der Waals surface area contributed by atoms with Crippen molar-refractivity contribution in [1.29, 1.82) is 0 Å². The molecule has 108 valence electrons. The second kappa shape index (κ2) is 7.16. The first kappa shape index (κ1) is 17.5. The van der Waals surface area contributed by atoms with Crippen LogP contribution in [0.4, 0.5) is 0 Å². The minimum atomic E-state index is -0.0743. The Morgan fingerprint density at radius 1 is 0.944 bits per heavy atom. The molecule has 0 fully saturated rings. The quantitative estimate of drug-likeness (QED) is 0.634. The van der Waals surface area contributed by atoms with Crippen molar-refractivity contribution >= 4 is 5.91 Å². The molecule has 0 atom stereocenters. The van der Waals surface area contributed by atoms with E-state index in [4.69, 9.17) is 0 Å². The summed E-state index contributed by atoms with van der Waals surface area (Å²) in [5, 5.41) is 0. The highest BCUT2D eigenvalue weighted by Gasteiger charge is 2.29. The van der Waals surface area contributed by atoms with Gasteiger partial charge in [0.05, 0.1) is 0 Å². The van der Waals surface area contributed by atoms with Crippen molar-refractivity contribution in [3.05, 3.63) is 0 Å². The minimum absolute atomic E-state index is 0.0743. The molecule has 0 saturated carbocycles. The number of carbonyl (C=O) groups is 1. The van der Waals surface area contributed by atoms with Crippen LogP contribution in [0.25, 0.3) is 0 Å². The first-order valence-corrected chi connectivity index (χ1v) is 7.38. The van der Waals surface area contributed by atoms with Gasteiger partial charge in [0, 0.05) is 18.5 Å². The van der Waals surface area contributed by atoms with Gasteiger partial charge in [-0.05, 0) is 32.6 Å². The molecule has 0 aliphatic carbocycles. The average Bonchev–Trinajstić information content (AvgIpc) is 2.18. The van der Waals surface area contributed by atoms with Crippen molar-refractivity contribution in [3.63, 3.8) is 0 Å². The molecule has 0 radical (unpaired) electrons. The molecule has 0 heterocycles. The molecule has 0 N–H and O–H groups in total. The number of hydrogen-bond acceptors (Lipinski definition) is 1. The lowest BCUT2D eigenvalue weighted by atomic mass is 9.92. The summed E-state index contributed by atoms with van der Waals surface area (Å²) in [5.41, 5.74) is 0.0848. The third-order valence-corrected chi connectivity index (χ3v) is 2.99. The molecule has 0 aliphatic heterocycles. The summed E-state index contributed by atoms with van der Waals surface area (Å²) in [6, 6.07) is 0. The van der Waals surface area contributed by atoms with Gasteiger partial charge in [0.25, 0.3) is 0 Å². The second-order valence-corrected chi connectivity index (χ2v) is 7.52. The van der Waals surface area contributed by atoms with Gasteiger partial charge in [0.1, 0.15) is 0 Å². The molecule has 0 spiro atoms. The Balaban J connectivity index is 4.43. The first-order valence-electron chi connectivity index (χ1n) is 7.38. The van der Waals surface area contributed by atoms with E-state index >= 15 is 0 Å². The lowest BCUT2D eigenvalue weighted by Gasteiger charge is -2.40. The average molecular weight is 255 g/mol. The molecule has 0 aromatic carbocycles. The van der Waals surface area contributed by atoms with Crippen molar-refractivity contribution in [2.45, 2.75) is 86.1 Å². The molecule has 0 aliphatic rings. The molecule has 1 amide bonds. The van der Waals surface area contributed by atoms with Crippen LogP contribution in [-0.4, -0.2) is 22.9 Å². The van der Waals surface area contributed by atoms with Gasteiger partial charge in [-0.2, -0.15) is 0 Å². The number of hydrogen-bond donors (Lipinski definition) is 0. The molecule has 2 heteroatoms. The van der Waals surface area contributed by atoms with E-state index in [1.165, 1.54) is 19.3 Å². The van der Waals surface area contributed by atoms with E-state index in [-0.39, 0.29) is 11.0 Å². The van der Waals surface area contributed by atoms with Crippen molar-refractivity contribution in [2.75, 3.05) is 6.54 Å². The summed E-state index contributed by atoms with van der Waals surface area (Å²) in [6.45, 7) is 16.0. The van der Waals surface area contributed by atoms with E-state index in [1.807, 2.05) is 0 Å². The summed E-state index contributed by atoms with van der Waals surface area (Å²) >= 11 is 0. The summed E-state index contributed by atoms with van der Waals surface area (Å²) in [6.07, 6.45) is 5.37. The predicted octanol–water partition coefficient (Wildman–Crippen LogP) is 4.63. The molecule has 0 aromatic rings. The normalized spacial score (nSPS) is 12.6. The second-order valence-electron chi connectivity index (χ2n) is 7.52. The van der Waals surface area contributed by atoms with Gasteiger partial charge >= 0.3 is 0 Å². The van der Waals surface area contributed by atoms with Gasteiger partial charge in [-0.25, -0.2) is 0 Å². The first-order chi connectivity index (χ1) is 8.08. The Bertz CT molecular complexity index is 245. The zero-order chi connectivity index (χ0) is 14.4. The number of rotatable bonds is 6. The van der Waals surface area contributed by atoms with Crippen LogP contribution in [0, 0.1) is 5.41 Å². The zero-order valence-corrected chi connectivity index (χ0v) is 13.6. The number of carbonyl (C=O) groups excluding carboxylic acids is 1. The van der Waals surface area contributed by atoms with Gasteiger partial charge in [-0.15, -0.1) is 0 Å².